The topological polar surface area (TPSA) is 64.4 Å². The van der Waals surface area contributed by atoms with Crippen LogP contribution in [0.5, 0.6) is 0 Å². The molecule has 16 heavy (non-hydrogen) atoms. The molecular formula is C12H24N2O2. The Bertz CT molecular complexity index is 203. The van der Waals surface area contributed by atoms with Crippen molar-refractivity contribution < 1.29 is 9.53 Å². The lowest BCUT2D eigenvalue weighted by molar-refractivity contribution is -0.123. The summed E-state index contributed by atoms with van der Waals surface area (Å²) in [5.74, 6) is 0.692. The molecule has 0 aromatic heterocycles. The second kappa shape index (κ2) is 7.63. The number of carbonyl (C=O) groups is 1. The zero-order valence-corrected chi connectivity index (χ0v) is 10.2. The van der Waals surface area contributed by atoms with E-state index in [4.69, 9.17) is 10.5 Å². The van der Waals surface area contributed by atoms with Gasteiger partial charge in [0.1, 0.15) is 0 Å². The second-order valence-electron chi connectivity index (χ2n) is 4.70. The van der Waals surface area contributed by atoms with Crippen LogP contribution in [0.2, 0.25) is 0 Å². The third-order valence-corrected chi connectivity index (χ3v) is 3.05. The summed E-state index contributed by atoms with van der Waals surface area (Å²) in [5.41, 5.74) is 5.47. The maximum Gasteiger partial charge on any atom is 0.220 e. The first-order chi connectivity index (χ1) is 7.72. The summed E-state index contributed by atoms with van der Waals surface area (Å²) >= 11 is 0. The Kier molecular flexibility index (Phi) is 6.42. The van der Waals surface area contributed by atoms with Gasteiger partial charge in [-0.25, -0.2) is 0 Å². The fourth-order valence-corrected chi connectivity index (χ4v) is 1.96. The van der Waals surface area contributed by atoms with Crippen molar-refractivity contribution in [3.05, 3.63) is 0 Å². The molecule has 3 N–H and O–H groups in total. The first-order valence-electron chi connectivity index (χ1n) is 6.29. The molecule has 1 aliphatic rings. The van der Waals surface area contributed by atoms with Gasteiger partial charge in [-0.2, -0.15) is 0 Å². The van der Waals surface area contributed by atoms with Crippen molar-refractivity contribution in [3.8, 4) is 0 Å². The van der Waals surface area contributed by atoms with Gasteiger partial charge in [0.25, 0.3) is 0 Å². The highest BCUT2D eigenvalue weighted by Crippen LogP contribution is 2.10. The zero-order valence-electron chi connectivity index (χ0n) is 10.2. The highest BCUT2D eigenvalue weighted by atomic mass is 16.5. The van der Waals surface area contributed by atoms with Gasteiger partial charge in [0.05, 0.1) is 12.6 Å². The number of hydrogen-bond donors (Lipinski definition) is 2. The summed E-state index contributed by atoms with van der Waals surface area (Å²) in [6, 6.07) is 0.228. The predicted octanol–water partition coefficient (Wildman–Crippen LogP) is 1.05. The van der Waals surface area contributed by atoms with Crippen LogP contribution in [0, 0.1) is 5.92 Å². The molecule has 0 radical (unpaired) electrons. The first kappa shape index (κ1) is 13.5. The van der Waals surface area contributed by atoms with Gasteiger partial charge in [0.2, 0.25) is 5.91 Å². The molecule has 1 amide bonds. The quantitative estimate of drug-likeness (QED) is 0.714. The third-order valence-electron chi connectivity index (χ3n) is 3.05. The van der Waals surface area contributed by atoms with Crippen LogP contribution in [0.1, 0.15) is 39.0 Å². The number of amides is 1. The van der Waals surface area contributed by atoms with Crippen molar-refractivity contribution in [1.29, 1.82) is 0 Å². The lowest BCUT2D eigenvalue weighted by atomic mass is 10.0. The number of carbonyl (C=O) groups excluding carboxylic acids is 1. The van der Waals surface area contributed by atoms with Crippen LogP contribution in [-0.2, 0) is 9.53 Å². The van der Waals surface area contributed by atoms with Crippen molar-refractivity contribution in [2.45, 2.75) is 45.1 Å². The summed E-state index contributed by atoms with van der Waals surface area (Å²) in [6.45, 7) is 4.35. The van der Waals surface area contributed by atoms with Gasteiger partial charge < -0.3 is 15.8 Å². The van der Waals surface area contributed by atoms with Gasteiger partial charge in [-0.15, -0.1) is 0 Å². The van der Waals surface area contributed by atoms with Crippen LogP contribution >= 0.6 is 0 Å². The lowest BCUT2D eigenvalue weighted by Crippen LogP contribution is -2.40. The van der Waals surface area contributed by atoms with Crippen LogP contribution in [0.25, 0.3) is 0 Å². The van der Waals surface area contributed by atoms with Gasteiger partial charge in [-0.1, -0.05) is 6.92 Å². The zero-order chi connectivity index (χ0) is 11.8. The average molecular weight is 228 g/mol. The van der Waals surface area contributed by atoms with Crippen LogP contribution < -0.4 is 11.1 Å². The first-order valence-corrected chi connectivity index (χ1v) is 6.29. The molecule has 1 heterocycles. The van der Waals surface area contributed by atoms with Crippen molar-refractivity contribution in [3.63, 3.8) is 0 Å². The van der Waals surface area contributed by atoms with E-state index in [1.54, 1.807) is 0 Å². The summed E-state index contributed by atoms with van der Waals surface area (Å²) in [7, 11) is 0. The second-order valence-corrected chi connectivity index (χ2v) is 4.70. The molecule has 4 nitrogen and oxygen atoms in total. The van der Waals surface area contributed by atoms with Gasteiger partial charge >= 0.3 is 0 Å². The molecule has 1 saturated heterocycles. The molecule has 0 bridgehead atoms. The van der Waals surface area contributed by atoms with Crippen LogP contribution in [0.3, 0.4) is 0 Å². The van der Waals surface area contributed by atoms with Crippen LogP contribution in [0.15, 0.2) is 0 Å². The molecule has 0 aromatic rings. The molecule has 2 unspecified atom stereocenters. The number of rotatable bonds is 6. The Morgan fingerprint density at radius 1 is 1.56 bits per heavy atom. The summed E-state index contributed by atoms with van der Waals surface area (Å²) in [5, 5.41) is 3.02. The summed E-state index contributed by atoms with van der Waals surface area (Å²) in [4.78, 5) is 11.6. The van der Waals surface area contributed by atoms with Crippen molar-refractivity contribution >= 4 is 5.91 Å². The lowest BCUT2D eigenvalue weighted by Gasteiger charge is -2.23. The number of nitrogens with one attached hydrogen (secondary N) is 1. The molecule has 1 fully saturated rings. The van der Waals surface area contributed by atoms with E-state index in [0.29, 0.717) is 25.5 Å². The molecule has 2 atom stereocenters. The van der Waals surface area contributed by atoms with Crippen molar-refractivity contribution in [2.75, 3.05) is 19.8 Å². The Labute approximate surface area is 97.9 Å². The highest BCUT2D eigenvalue weighted by Gasteiger charge is 2.16. The van der Waals surface area contributed by atoms with Crippen molar-refractivity contribution in [1.82, 2.24) is 5.32 Å². The minimum Gasteiger partial charge on any atom is -0.379 e. The largest absolute Gasteiger partial charge is 0.379 e. The van der Waals surface area contributed by atoms with Crippen LogP contribution in [-0.4, -0.2) is 31.7 Å². The Morgan fingerprint density at radius 3 is 3.00 bits per heavy atom. The smallest absolute Gasteiger partial charge is 0.220 e. The standard InChI is InChI=1S/C12H24N2O2/c1-10(6-7-13)4-5-12(15)14-11-3-2-8-16-9-11/h10-11H,2-9,13H2,1H3,(H,14,15). The summed E-state index contributed by atoms with van der Waals surface area (Å²) < 4.78 is 5.32. The minimum absolute atomic E-state index is 0.152. The molecule has 4 heteroatoms. The number of hydrogen-bond acceptors (Lipinski definition) is 3. The van der Waals surface area contributed by atoms with E-state index in [0.717, 1.165) is 32.3 Å². The van der Waals surface area contributed by atoms with E-state index in [1.165, 1.54) is 0 Å². The van der Waals surface area contributed by atoms with Crippen molar-refractivity contribution in [2.24, 2.45) is 11.7 Å². The molecule has 0 aromatic carbocycles. The maximum atomic E-state index is 11.6. The molecule has 0 saturated carbocycles. The maximum absolute atomic E-state index is 11.6. The molecular weight excluding hydrogens is 204 g/mol. The number of ether oxygens (including phenoxy) is 1. The normalized spacial score (nSPS) is 22.8. The molecule has 0 spiro atoms. The van der Waals surface area contributed by atoms with Crippen LogP contribution in [0.4, 0.5) is 0 Å². The van der Waals surface area contributed by atoms with E-state index in [9.17, 15) is 4.79 Å². The molecule has 1 aliphatic heterocycles. The van der Waals surface area contributed by atoms with E-state index < -0.39 is 0 Å². The molecule has 94 valence electrons. The Hall–Kier alpha value is -0.610. The summed E-state index contributed by atoms with van der Waals surface area (Å²) in [6.07, 6.45) is 4.63. The van der Waals surface area contributed by atoms with Gasteiger partial charge in [-0.05, 0) is 38.1 Å². The third kappa shape index (κ3) is 5.47. The van der Waals surface area contributed by atoms with Gasteiger partial charge in [0, 0.05) is 13.0 Å². The fourth-order valence-electron chi connectivity index (χ4n) is 1.96. The molecule has 1 rings (SSSR count). The van der Waals surface area contributed by atoms with Gasteiger partial charge in [0.15, 0.2) is 0 Å². The highest BCUT2D eigenvalue weighted by molar-refractivity contribution is 5.76. The van der Waals surface area contributed by atoms with E-state index in [-0.39, 0.29) is 11.9 Å². The Morgan fingerprint density at radius 2 is 2.38 bits per heavy atom. The predicted molar refractivity (Wildman–Crippen MR) is 64.1 cm³/mol. The minimum atomic E-state index is 0.152. The van der Waals surface area contributed by atoms with E-state index >= 15 is 0 Å². The van der Waals surface area contributed by atoms with E-state index in [1.807, 2.05) is 0 Å². The monoisotopic (exact) mass is 228 g/mol. The molecule has 0 aliphatic carbocycles. The average Bonchev–Trinajstić information content (AvgIpc) is 2.28. The number of nitrogens with two attached hydrogens (primary N) is 1. The SMILES string of the molecule is CC(CCN)CCC(=O)NC1CCCOC1. The Balaban J connectivity index is 2.10. The van der Waals surface area contributed by atoms with E-state index in [2.05, 4.69) is 12.2 Å². The van der Waals surface area contributed by atoms with Gasteiger partial charge in [-0.3, -0.25) is 4.79 Å². The fraction of sp³-hybridized carbons (Fsp3) is 0.917.